The molecule has 0 spiro atoms. The molecule has 0 aliphatic rings. The minimum atomic E-state index is -4.53. The second kappa shape index (κ2) is 11.4. The molecular formula is C25H28F2N2O7S2. The standard InChI is InChI=1S/C25H28F2N2O7S2/c1-15(2)35-17-6-9-22(20(26)12-17)28-37(30,31)19-8-11-24(34-5)25(14-19)38(32,33)29-23-10-7-18(13-21(23)27)36-16(3)4/h6-16,28-29H,1-5H3. The van der Waals surface area contributed by atoms with Crippen molar-refractivity contribution in [1.82, 2.24) is 0 Å². The van der Waals surface area contributed by atoms with E-state index < -0.39 is 41.5 Å². The van der Waals surface area contributed by atoms with E-state index in [-0.39, 0.29) is 40.8 Å². The molecule has 0 aliphatic heterocycles. The number of benzene rings is 3. The summed E-state index contributed by atoms with van der Waals surface area (Å²) in [6, 6.07) is 10.2. The lowest BCUT2D eigenvalue weighted by molar-refractivity contribution is 0.241. The van der Waals surface area contributed by atoms with Gasteiger partial charge in [0.1, 0.15) is 22.1 Å². The maximum atomic E-state index is 14.6. The average molecular weight is 571 g/mol. The van der Waals surface area contributed by atoms with Gasteiger partial charge in [-0.2, -0.15) is 0 Å². The molecule has 0 aromatic heterocycles. The Morgan fingerprint density at radius 1 is 0.684 bits per heavy atom. The molecule has 0 amide bonds. The van der Waals surface area contributed by atoms with Gasteiger partial charge < -0.3 is 14.2 Å². The van der Waals surface area contributed by atoms with E-state index in [4.69, 9.17) is 14.2 Å². The molecule has 0 aliphatic carbocycles. The topological polar surface area (TPSA) is 120 Å². The molecule has 38 heavy (non-hydrogen) atoms. The minimum Gasteiger partial charge on any atom is -0.495 e. The zero-order valence-corrected chi connectivity index (χ0v) is 22.9. The molecule has 0 unspecified atom stereocenters. The molecule has 2 N–H and O–H groups in total. The molecule has 0 radical (unpaired) electrons. The molecule has 3 rings (SSSR count). The van der Waals surface area contributed by atoms with Crippen molar-refractivity contribution in [2.45, 2.75) is 49.7 Å². The molecule has 0 heterocycles. The number of ether oxygens (including phenoxy) is 3. The van der Waals surface area contributed by atoms with Crippen molar-refractivity contribution in [3.8, 4) is 17.2 Å². The fraction of sp³-hybridized carbons (Fsp3) is 0.280. The molecule has 3 aromatic carbocycles. The van der Waals surface area contributed by atoms with Crippen molar-refractivity contribution in [3.63, 3.8) is 0 Å². The van der Waals surface area contributed by atoms with Crippen molar-refractivity contribution in [2.24, 2.45) is 0 Å². The number of methoxy groups -OCH3 is 1. The third-order valence-corrected chi connectivity index (χ3v) is 7.60. The predicted molar refractivity (Wildman–Crippen MR) is 139 cm³/mol. The van der Waals surface area contributed by atoms with E-state index in [0.717, 1.165) is 30.3 Å². The lowest BCUT2D eigenvalue weighted by atomic mass is 10.3. The van der Waals surface area contributed by atoms with E-state index in [1.165, 1.54) is 31.4 Å². The number of hydrogen-bond donors (Lipinski definition) is 2. The summed E-state index contributed by atoms with van der Waals surface area (Å²) in [5.41, 5.74) is -0.759. The molecular weight excluding hydrogens is 542 g/mol. The van der Waals surface area contributed by atoms with Crippen LogP contribution < -0.4 is 23.7 Å². The molecule has 13 heteroatoms. The van der Waals surface area contributed by atoms with E-state index in [2.05, 4.69) is 9.44 Å². The third-order valence-electron chi connectivity index (χ3n) is 4.85. The largest absolute Gasteiger partial charge is 0.495 e. The summed E-state index contributed by atoms with van der Waals surface area (Å²) >= 11 is 0. The van der Waals surface area contributed by atoms with Crippen LogP contribution in [0, 0.1) is 11.6 Å². The molecule has 0 saturated heterocycles. The highest BCUT2D eigenvalue weighted by Gasteiger charge is 2.26. The van der Waals surface area contributed by atoms with Crippen molar-refractivity contribution < 1.29 is 39.8 Å². The Bertz CT molecular complexity index is 1530. The van der Waals surface area contributed by atoms with Crippen LogP contribution >= 0.6 is 0 Å². The zero-order chi connectivity index (χ0) is 28.3. The average Bonchev–Trinajstić information content (AvgIpc) is 2.81. The van der Waals surface area contributed by atoms with Crippen molar-refractivity contribution >= 4 is 31.4 Å². The van der Waals surface area contributed by atoms with Gasteiger partial charge in [-0.15, -0.1) is 0 Å². The minimum absolute atomic E-state index is 0.196. The van der Waals surface area contributed by atoms with Crippen LogP contribution in [0.25, 0.3) is 0 Å². The van der Waals surface area contributed by atoms with E-state index in [0.29, 0.717) is 0 Å². The van der Waals surface area contributed by atoms with Crippen LogP contribution in [0.2, 0.25) is 0 Å². The van der Waals surface area contributed by atoms with E-state index >= 15 is 0 Å². The van der Waals surface area contributed by atoms with Gasteiger partial charge in [0.25, 0.3) is 20.0 Å². The number of halogens is 2. The predicted octanol–water partition coefficient (Wildman–Crippen LogP) is 5.15. The number of rotatable bonds is 11. The first-order chi connectivity index (χ1) is 17.7. The number of anilines is 2. The third kappa shape index (κ3) is 7.04. The Morgan fingerprint density at radius 2 is 1.16 bits per heavy atom. The van der Waals surface area contributed by atoms with E-state index in [9.17, 15) is 25.6 Å². The highest BCUT2D eigenvalue weighted by Crippen LogP contribution is 2.31. The second-order valence-electron chi connectivity index (χ2n) is 8.64. The summed E-state index contributed by atoms with van der Waals surface area (Å²) in [6.45, 7) is 7.01. The summed E-state index contributed by atoms with van der Waals surface area (Å²) in [5, 5.41) is 0. The van der Waals surface area contributed by atoms with Crippen LogP contribution in [0.15, 0.2) is 64.4 Å². The van der Waals surface area contributed by atoms with Crippen LogP contribution in [0.5, 0.6) is 17.2 Å². The second-order valence-corrected chi connectivity index (χ2v) is 12.0. The van der Waals surface area contributed by atoms with Gasteiger partial charge in [-0.1, -0.05) is 0 Å². The van der Waals surface area contributed by atoms with Crippen LogP contribution in [0.3, 0.4) is 0 Å². The quantitative estimate of drug-likeness (QED) is 0.327. The maximum Gasteiger partial charge on any atom is 0.265 e. The lowest BCUT2D eigenvalue weighted by Crippen LogP contribution is -2.18. The SMILES string of the molecule is COc1ccc(S(=O)(=O)Nc2ccc(OC(C)C)cc2F)cc1S(=O)(=O)Nc1ccc(OC(C)C)cc1F. The first-order valence-corrected chi connectivity index (χ1v) is 14.3. The maximum absolute atomic E-state index is 14.6. The zero-order valence-electron chi connectivity index (χ0n) is 21.3. The fourth-order valence-electron chi connectivity index (χ4n) is 3.29. The Labute approximate surface area is 220 Å². The van der Waals surface area contributed by atoms with Crippen LogP contribution in [0.4, 0.5) is 20.2 Å². The smallest absolute Gasteiger partial charge is 0.265 e. The normalized spacial score (nSPS) is 11.9. The summed E-state index contributed by atoms with van der Waals surface area (Å²) in [7, 11) is -7.79. The van der Waals surface area contributed by atoms with Gasteiger partial charge in [0.15, 0.2) is 11.6 Å². The Balaban J connectivity index is 1.93. The molecule has 206 valence electrons. The van der Waals surface area contributed by atoms with Gasteiger partial charge in [0.05, 0.1) is 35.6 Å². The first kappa shape index (κ1) is 29.0. The molecule has 0 bridgehead atoms. The van der Waals surface area contributed by atoms with Crippen LogP contribution in [-0.4, -0.2) is 36.2 Å². The van der Waals surface area contributed by atoms with Crippen LogP contribution in [-0.2, 0) is 20.0 Å². The summed E-state index contributed by atoms with van der Waals surface area (Å²) in [6.07, 6.45) is -0.440. The van der Waals surface area contributed by atoms with Crippen molar-refractivity contribution in [2.75, 3.05) is 16.6 Å². The Kier molecular flexibility index (Phi) is 8.72. The number of sulfonamides is 2. The molecule has 3 aromatic rings. The van der Waals surface area contributed by atoms with Gasteiger partial charge in [-0.05, 0) is 70.2 Å². The van der Waals surface area contributed by atoms with Crippen molar-refractivity contribution in [1.29, 1.82) is 0 Å². The molecule has 0 saturated carbocycles. The summed E-state index contributed by atoms with van der Waals surface area (Å²) in [4.78, 5) is -1.08. The van der Waals surface area contributed by atoms with E-state index in [1.807, 2.05) is 0 Å². The molecule has 0 atom stereocenters. The lowest BCUT2D eigenvalue weighted by Gasteiger charge is -2.16. The highest BCUT2D eigenvalue weighted by atomic mass is 32.2. The Hall–Kier alpha value is -3.58. The van der Waals surface area contributed by atoms with E-state index in [1.54, 1.807) is 27.7 Å². The first-order valence-electron chi connectivity index (χ1n) is 11.4. The highest BCUT2D eigenvalue weighted by molar-refractivity contribution is 7.93. The van der Waals surface area contributed by atoms with Gasteiger partial charge in [0.2, 0.25) is 0 Å². The molecule has 9 nitrogen and oxygen atoms in total. The van der Waals surface area contributed by atoms with Crippen molar-refractivity contribution in [3.05, 3.63) is 66.2 Å². The Morgan fingerprint density at radius 3 is 1.58 bits per heavy atom. The summed E-state index contributed by atoms with van der Waals surface area (Å²) < 4.78 is 101. The van der Waals surface area contributed by atoms with Gasteiger partial charge in [-0.3, -0.25) is 9.44 Å². The van der Waals surface area contributed by atoms with Gasteiger partial charge in [0, 0.05) is 12.1 Å². The number of nitrogens with one attached hydrogen (secondary N) is 2. The molecule has 0 fully saturated rings. The van der Waals surface area contributed by atoms with Crippen LogP contribution in [0.1, 0.15) is 27.7 Å². The fourth-order valence-corrected chi connectivity index (χ4v) is 5.72. The number of hydrogen-bond acceptors (Lipinski definition) is 7. The monoisotopic (exact) mass is 570 g/mol. The van der Waals surface area contributed by atoms with Gasteiger partial charge in [-0.25, -0.2) is 25.6 Å². The van der Waals surface area contributed by atoms with Gasteiger partial charge >= 0.3 is 0 Å². The summed E-state index contributed by atoms with van der Waals surface area (Å²) in [5.74, 6) is -1.58.